The largest absolute Gasteiger partial charge is 0.314 e. The number of rotatable bonds is 5. The van der Waals surface area contributed by atoms with Crippen molar-refractivity contribution in [3.8, 4) is 0 Å². The first-order valence-electron chi connectivity index (χ1n) is 8.45. The SMILES string of the molecule is CCNC1CC2CCC(C1)N2C1CCCC1SCC. The number of nitrogens with one attached hydrogen (secondary N) is 1. The first-order valence-corrected chi connectivity index (χ1v) is 9.50. The Kier molecular flexibility index (Phi) is 4.76. The Morgan fingerprint density at radius 3 is 2.42 bits per heavy atom. The quantitative estimate of drug-likeness (QED) is 0.833. The molecular formula is C16H30N2S. The summed E-state index contributed by atoms with van der Waals surface area (Å²) in [5.41, 5.74) is 0. The summed E-state index contributed by atoms with van der Waals surface area (Å²) in [4.78, 5) is 2.98. The van der Waals surface area contributed by atoms with Gasteiger partial charge < -0.3 is 5.32 Å². The maximum Gasteiger partial charge on any atom is 0.0220 e. The van der Waals surface area contributed by atoms with Gasteiger partial charge in [-0.25, -0.2) is 0 Å². The van der Waals surface area contributed by atoms with Crippen LogP contribution in [0, 0.1) is 0 Å². The van der Waals surface area contributed by atoms with Crippen LogP contribution in [-0.4, -0.2) is 46.6 Å². The molecule has 0 aromatic heterocycles. The van der Waals surface area contributed by atoms with E-state index in [0.717, 1.165) is 36.0 Å². The molecule has 3 aliphatic rings. The maximum atomic E-state index is 3.70. The van der Waals surface area contributed by atoms with E-state index < -0.39 is 0 Å². The van der Waals surface area contributed by atoms with E-state index in [-0.39, 0.29) is 0 Å². The molecule has 0 radical (unpaired) electrons. The molecule has 0 aromatic carbocycles. The van der Waals surface area contributed by atoms with Gasteiger partial charge in [-0.1, -0.05) is 20.3 Å². The Labute approximate surface area is 123 Å². The highest BCUT2D eigenvalue weighted by Gasteiger charge is 2.46. The highest BCUT2D eigenvalue weighted by atomic mass is 32.2. The van der Waals surface area contributed by atoms with Crippen molar-refractivity contribution >= 4 is 11.8 Å². The van der Waals surface area contributed by atoms with Gasteiger partial charge in [0.25, 0.3) is 0 Å². The average Bonchev–Trinajstić information content (AvgIpc) is 2.93. The minimum absolute atomic E-state index is 0.803. The van der Waals surface area contributed by atoms with Gasteiger partial charge in [-0.2, -0.15) is 11.8 Å². The highest BCUT2D eigenvalue weighted by Crippen LogP contribution is 2.43. The van der Waals surface area contributed by atoms with Gasteiger partial charge in [0.05, 0.1) is 0 Å². The summed E-state index contributed by atoms with van der Waals surface area (Å²) in [5.74, 6) is 1.30. The predicted molar refractivity (Wildman–Crippen MR) is 84.9 cm³/mol. The number of thioether (sulfide) groups is 1. The molecule has 2 aliphatic heterocycles. The molecule has 4 unspecified atom stereocenters. The monoisotopic (exact) mass is 282 g/mol. The van der Waals surface area contributed by atoms with Gasteiger partial charge in [0.1, 0.15) is 0 Å². The molecule has 19 heavy (non-hydrogen) atoms. The molecule has 0 spiro atoms. The molecule has 2 saturated heterocycles. The van der Waals surface area contributed by atoms with Crippen LogP contribution in [-0.2, 0) is 0 Å². The summed E-state index contributed by atoms with van der Waals surface area (Å²) < 4.78 is 0. The number of hydrogen-bond acceptors (Lipinski definition) is 3. The number of piperidine rings is 1. The fourth-order valence-corrected chi connectivity index (χ4v) is 6.13. The molecule has 0 aromatic rings. The fourth-order valence-electron chi connectivity index (χ4n) is 4.87. The summed E-state index contributed by atoms with van der Waals surface area (Å²) in [6.07, 6.45) is 10.1. The second-order valence-corrected chi connectivity index (χ2v) is 8.07. The summed E-state index contributed by atoms with van der Waals surface area (Å²) in [6.45, 7) is 5.72. The Balaban J connectivity index is 1.66. The average molecular weight is 282 g/mol. The van der Waals surface area contributed by atoms with Crippen molar-refractivity contribution in [1.82, 2.24) is 10.2 Å². The molecule has 2 nitrogen and oxygen atoms in total. The Morgan fingerprint density at radius 1 is 1.05 bits per heavy atom. The maximum absolute atomic E-state index is 3.70. The van der Waals surface area contributed by atoms with Crippen LogP contribution in [0.5, 0.6) is 0 Å². The second-order valence-electron chi connectivity index (χ2n) is 6.55. The first-order chi connectivity index (χ1) is 9.33. The van der Waals surface area contributed by atoms with Crippen LogP contribution in [0.1, 0.15) is 58.8 Å². The third-order valence-electron chi connectivity index (χ3n) is 5.46. The summed E-state index contributed by atoms with van der Waals surface area (Å²) >= 11 is 2.23. The summed E-state index contributed by atoms with van der Waals surface area (Å²) in [6, 6.07) is 3.50. The van der Waals surface area contributed by atoms with Gasteiger partial charge in [0.2, 0.25) is 0 Å². The summed E-state index contributed by atoms with van der Waals surface area (Å²) in [5, 5.41) is 4.63. The third kappa shape index (κ3) is 2.84. The Morgan fingerprint density at radius 2 is 1.79 bits per heavy atom. The zero-order valence-corrected chi connectivity index (χ0v) is 13.4. The number of hydrogen-bond donors (Lipinski definition) is 1. The normalized spacial score (nSPS) is 42.9. The highest BCUT2D eigenvalue weighted by molar-refractivity contribution is 7.99. The van der Waals surface area contributed by atoms with Crippen molar-refractivity contribution < 1.29 is 0 Å². The zero-order chi connectivity index (χ0) is 13.2. The number of fused-ring (bicyclic) bond motifs is 2. The van der Waals surface area contributed by atoms with E-state index in [1.54, 1.807) is 0 Å². The van der Waals surface area contributed by atoms with Crippen LogP contribution in [0.15, 0.2) is 0 Å². The van der Waals surface area contributed by atoms with Crippen molar-refractivity contribution in [3.05, 3.63) is 0 Å². The summed E-state index contributed by atoms with van der Waals surface area (Å²) in [7, 11) is 0. The van der Waals surface area contributed by atoms with Crippen molar-refractivity contribution in [1.29, 1.82) is 0 Å². The van der Waals surface area contributed by atoms with Crippen LogP contribution in [0.4, 0.5) is 0 Å². The van der Waals surface area contributed by atoms with Gasteiger partial charge in [-0.05, 0) is 50.8 Å². The van der Waals surface area contributed by atoms with Crippen molar-refractivity contribution in [3.63, 3.8) is 0 Å². The number of nitrogens with zero attached hydrogens (tertiary/aromatic N) is 1. The van der Waals surface area contributed by atoms with E-state index in [4.69, 9.17) is 0 Å². The van der Waals surface area contributed by atoms with Gasteiger partial charge in [0.15, 0.2) is 0 Å². The van der Waals surface area contributed by atoms with E-state index in [1.807, 2.05) is 0 Å². The topological polar surface area (TPSA) is 15.3 Å². The van der Waals surface area contributed by atoms with Crippen LogP contribution in [0.3, 0.4) is 0 Å². The molecular weight excluding hydrogens is 252 g/mol. The fraction of sp³-hybridized carbons (Fsp3) is 1.00. The molecule has 1 saturated carbocycles. The molecule has 110 valence electrons. The zero-order valence-electron chi connectivity index (χ0n) is 12.6. The smallest absolute Gasteiger partial charge is 0.0220 e. The Hall–Kier alpha value is 0.270. The molecule has 4 atom stereocenters. The molecule has 1 aliphatic carbocycles. The lowest BCUT2D eigenvalue weighted by Gasteiger charge is -2.44. The van der Waals surface area contributed by atoms with Crippen LogP contribution in [0.25, 0.3) is 0 Å². The van der Waals surface area contributed by atoms with Gasteiger partial charge >= 0.3 is 0 Å². The van der Waals surface area contributed by atoms with E-state index >= 15 is 0 Å². The molecule has 2 bridgehead atoms. The molecule has 1 N–H and O–H groups in total. The van der Waals surface area contributed by atoms with Gasteiger partial charge in [-0.3, -0.25) is 4.90 Å². The lowest BCUT2D eigenvalue weighted by molar-refractivity contribution is 0.0748. The molecule has 2 heterocycles. The lowest BCUT2D eigenvalue weighted by Crippen LogP contribution is -2.54. The van der Waals surface area contributed by atoms with Crippen LogP contribution >= 0.6 is 11.8 Å². The molecule has 3 heteroatoms. The van der Waals surface area contributed by atoms with Crippen LogP contribution in [0.2, 0.25) is 0 Å². The third-order valence-corrected chi connectivity index (χ3v) is 6.78. The van der Waals surface area contributed by atoms with E-state index in [1.165, 1.54) is 50.7 Å². The Bertz CT molecular complexity index is 282. The molecule has 3 fully saturated rings. The van der Waals surface area contributed by atoms with Crippen molar-refractivity contribution in [2.75, 3.05) is 12.3 Å². The van der Waals surface area contributed by atoms with E-state index in [2.05, 4.69) is 35.8 Å². The van der Waals surface area contributed by atoms with Gasteiger partial charge in [0, 0.05) is 29.4 Å². The van der Waals surface area contributed by atoms with Gasteiger partial charge in [-0.15, -0.1) is 0 Å². The lowest BCUT2D eigenvalue weighted by atomic mass is 9.95. The minimum atomic E-state index is 0.803. The van der Waals surface area contributed by atoms with E-state index in [9.17, 15) is 0 Å². The standard InChI is InChI=1S/C16H30N2S/c1-3-17-12-10-13-8-9-14(11-12)18(13)15-6-5-7-16(15)19-4-2/h12-17H,3-11H2,1-2H3. The molecule has 0 amide bonds. The van der Waals surface area contributed by atoms with Crippen molar-refractivity contribution in [2.45, 2.75) is 88.2 Å². The van der Waals surface area contributed by atoms with Crippen molar-refractivity contribution in [2.24, 2.45) is 0 Å². The second kappa shape index (κ2) is 6.36. The van der Waals surface area contributed by atoms with E-state index in [0.29, 0.717) is 0 Å². The molecule has 3 rings (SSSR count). The predicted octanol–water partition coefficient (Wildman–Crippen LogP) is 3.27. The first kappa shape index (κ1) is 14.2. The minimum Gasteiger partial charge on any atom is -0.314 e. The van der Waals surface area contributed by atoms with Crippen LogP contribution < -0.4 is 5.32 Å².